The zero-order valence-corrected chi connectivity index (χ0v) is 11.8. The van der Waals surface area contributed by atoms with Crippen molar-refractivity contribution in [3.63, 3.8) is 0 Å². The fourth-order valence-electron chi connectivity index (χ4n) is 1.93. The van der Waals surface area contributed by atoms with Crippen molar-refractivity contribution in [3.8, 4) is 0 Å². The Balaban J connectivity index is 2.01. The van der Waals surface area contributed by atoms with Gasteiger partial charge in [0.2, 0.25) is 10.0 Å². The van der Waals surface area contributed by atoms with E-state index in [1.54, 1.807) is 6.20 Å². The van der Waals surface area contributed by atoms with Crippen LogP contribution in [0.25, 0.3) is 0 Å². The van der Waals surface area contributed by atoms with E-state index >= 15 is 0 Å². The Bertz CT molecular complexity index is 496. The van der Waals surface area contributed by atoms with Crippen LogP contribution < -0.4 is 4.90 Å². The van der Waals surface area contributed by atoms with Gasteiger partial charge in [-0.2, -0.15) is 4.31 Å². The summed E-state index contributed by atoms with van der Waals surface area (Å²) >= 11 is 5.71. The van der Waals surface area contributed by atoms with Crippen LogP contribution in [0.2, 0.25) is 0 Å². The zero-order chi connectivity index (χ0) is 13.2. The van der Waals surface area contributed by atoms with E-state index in [1.807, 2.05) is 12.1 Å². The minimum atomic E-state index is -3.07. The summed E-state index contributed by atoms with van der Waals surface area (Å²) in [6.07, 6.45) is 3.00. The Morgan fingerprint density at radius 1 is 1.28 bits per heavy atom. The maximum atomic E-state index is 11.4. The number of piperazine rings is 1. The van der Waals surface area contributed by atoms with Crippen molar-refractivity contribution in [3.05, 3.63) is 23.9 Å². The van der Waals surface area contributed by atoms with E-state index in [0.717, 1.165) is 11.4 Å². The van der Waals surface area contributed by atoms with Gasteiger partial charge in [-0.05, 0) is 11.6 Å². The summed E-state index contributed by atoms with van der Waals surface area (Å²) in [6, 6.07) is 3.87. The number of aromatic nitrogens is 1. The Labute approximate surface area is 112 Å². The summed E-state index contributed by atoms with van der Waals surface area (Å²) in [5, 5.41) is 0. The third kappa shape index (κ3) is 3.13. The molecular formula is C11H16ClN3O2S. The average molecular weight is 290 g/mol. The van der Waals surface area contributed by atoms with Gasteiger partial charge in [-0.25, -0.2) is 13.4 Å². The molecule has 1 aliphatic heterocycles. The van der Waals surface area contributed by atoms with Crippen molar-refractivity contribution in [2.24, 2.45) is 0 Å². The maximum absolute atomic E-state index is 11.4. The molecule has 1 saturated heterocycles. The van der Waals surface area contributed by atoms with Gasteiger partial charge in [0.05, 0.1) is 6.26 Å². The summed E-state index contributed by atoms with van der Waals surface area (Å²) in [5.41, 5.74) is 0.982. The van der Waals surface area contributed by atoms with Crippen LogP contribution >= 0.6 is 11.6 Å². The third-order valence-corrected chi connectivity index (χ3v) is 4.61. The van der Waals surface area contributed by atoms with Crippen molar-refractivity contribution in [2.45, 2.75) is 5.88 Å². The zero-order valence-electron chi connectivity index (χ0n) is 10.2. The van der Waals surface area contributed by atoms with Crippen LogP contribution in [0, 0.1) is 0 Å². The van der Waals surface area contributed by atoms with Crippen LogP contribution in [0.1, 0.15) is 5.56 Å². The van der Waals surface area contributed by atoms with E-state index in [0.29, 0.717) is 32.1 Å². The molecule has 1 aromatic heterocycles. The normalized spacial score (nSPS) is 18.0. The standard InChI is InChI=1S/C11H16ClN3O2S/c1-18(16,17)15-6-4-14(5-7-15)11-3-2-10(8-12)9-13-11/h2-3,9H,4-8H2,1H3. The number of alkyl halides is 1. The largest absolute Gasteiger partial charge is 0.354 e. The molecule has 0 saturated carbocycles. The van der Waals surface area contributed by atoms with Crippen LogP contribution in [-0.4, -0.2) is 50.1 Å². The first-order chi connectivity index (χ1) is 8.50. The molecule has 1 aliphatic rings. The van der Waals surface area contributed by atoms with Crippen LogP contribution in [0.15, 0.2) is 18.3 Å². The lowest BCUT2D eigenvalue weighted by atomic mass is 10.3. The number of anilines is 1. The molecule has 5 nitrogen and oxygen atoms in total. The van der Waals surface area contributed by atoms with E-state index in [4.69, 9.17) is 11.6 Å². The van der Waals surface area contributed by atoms with E-state index in [9.17, 15) is 8.42 Å². The minimum absolute atomic E-state index is 0.454. The number of nitrogens with zero attached hydrogens (tertiary/aromatic N) is 3. The highest BCUT2D eigenvalue weighted by molar-refractivity contribution is 7.88. The van der Waals surface area contributed by atoms with Crippen molar-refractivity contribution in [1.29, 1.82) is 0 Å². The molecule has 7 heteroatoms. The van der Waals surface area contributed by atoms with Crippen molar-refractivity contribution in [2.75, 3.05) is 37.3 Å². The van der Waals surface area contributed by atoms with E-state index in [2.05, 4.69) is 9.88 Å². The topological polar surface area (TPSA) is 53.5 Å². The van der Waals surface area contributed by atoms with Crippen LogP contribution in [0.3, 0.4) is 0 Å². The quantitative estimate of drug-likeness (QED) is 0.776. The smallest absolute Gasteiger partial charge is 0.211 e. The highest BCUT2D eigenvalue weighted by Crippen LogP contribution is 2.15. The molecule has 2 heterocycles. The molecule has 0 bridgehead atoms. The van der Waals surface area contributed by atoms with Gasteiger partial charge in [0.25, 0.3) is 0 Å². The van der Waals surface area contributed by atoms with Gasteiger partial charge in [0.1, 0.15) is 5.82 Å². The predicted molar refractivity (Wildman–Crippen MR) is 72.4 cm³/mol. The van der Waals surface area contributed by atoms with Crippen LogP contribution in [-0.2, 0) is 15.9 Å². The highest BCUT2D eigenvalue weighted by Gasteiger charge is 2.23. The minimum Gasteiger partial charge on any atom is -0.354 e. The fourth-order valence-corrected chi connectivity index (χ4v) is 2.92. The van der Waals surface area contributed by atoms with Gasteiger partial charge in [0, 0.05) is 38.3 Å². The summed E-state index contributed by atoms with van der Waals surface area (Å²) < 4.78 is 24.3. The lowest BCUT2D eigenvalue weighted by molar-refractivity contribution is 0.387. The van der Waals surface area contributed by atoms with E-state index in [-0.39, 0.29) is 0 Å². The number of pyridine rings is 1. The molecule has 1 aromatic rings. The van der Waals surface area contributed by atoms with Gasteiger partial charge in [0.15, 0.2) is 0 Å². The molecule has 0 aromatic carbocycles. The summed E-state index contributed by atoms with van der Waals surface area (Å²) in [5.74, 6) is 1.33. The molecule has 0 N–H and O–H groups in total. The van der Waals surface area contributed by atoms with Gasteiger partial charge >= 0.3 is 0 Å². The molecule has 0 radical (unpaired) electrons. The molecular weight excluding hydrogens is 274 g/mol. The molecule has 2 rings (SSSR count). The Hall–Kier alpha value is -0.850. The highest BCUT2D eigenvalue weighted by atomic mass is 35.5. The molecule has 100 valence electrons. The predicted octanol–water partition coefficient (Wildman–Crippen LogP) is 0.902. The van der Waals surface area contributed by atoms with Gasteiger partial charge in [-0.1, -0.05) is 6.07 Å². The van der Waals surface area contributed by atoms with Crippen molar-refractivity contribution >= 4 is 27.4 Å². The number of hydrogen-bond acceptors (Lipinski definition) is 4. The summed E-state index contributed by atoms with van der Waals surface area (Å²) in [7, 11) is -3.07. The van der Waals surface area contributed by atoms with Gasteiger partial charge in [-0.3, -0.25) is 0 Å². The van der Waals surface area contributed by atoms with Gasteiger partial charge in [-0.15, -0.1) is 11.6 Å². The van der Waals surface area contributed by atoms with Crippen LogP contribution in [0.4, 0.5) is 5.82 Å². The van der Waals surface area contributed by atoms with Crippen molar-refractivity contribution < 1.29 is 8.42 Å². The number of rotatable bonds is 3. The lowest BCUT2D eigenvalue weighted by Gasteiger charge is -2.33. The summed E-state index contributed by atoms with van der Waals surface area (Å²) in [4.78, 5) is 6.42. The van der Waals surface area contributed by atoms with Crippen molar-refractivity contribution in [1.82, 2.24) is 9.29 Å². The molecule has 0 aliphatic carbocycles. The van der Waals surface area contributed by atoms with Gasteiger partial charge < -0.3 is 4.90 Å². The number of sulfonamides is 1. The average Bonchev–Trinajstić information content (AvgIpc) is 2.38. The Morgan fingerprint density at radius 3 is 2.39 bits per heavy atom. The monoisotopic (exact) mass is 289 g/mol. The molecule has 18 heavy (non-hydrogen) atoms. The first-order valence-corrected chi connectivity index (χ1v) is 8.10. The SMILES string of the molecule is CS(=O)(=O)N1CCN(c2ccc(CCl)cn2)CC1. The second kappa shape index (κ2) is 5.42. The van der Waals surface area contributed by atoms with E-state index < -0.39 is 10.0 Å². The first-order valence-electron chi connectivity index (χ1n) is 5.71. The lowest BCUT2D eigenvalue weighted by Crippen LogP contribution is -2.48. The summed E-state index contributed by atoms with van der Waals surface area (Å²) in [6.45, 7) is 2.36. The Morgan fingerprint density at radius 2 is 1.94 bits per heavy atom. The molecule has 0 spiro atoms. The van der Waals surface area contributed by atoms with Crippen LogP contribution in [0.5, 0.6) is 0 Å². The maximum Gasteiger partial charge on any atom is 0.211 e. The number of hydrogen-bond donors (Lipinski definition) is 0. The first kappa shape index (κ1) is 13.6. The second-order valence-electron chi connectivity index (χ2n) is 4.31. The molecule has 1 fully saturated rings. The molecule has 0 atom stereocenters. The van der Waals surface area contributed by atoms with E-state index in [1.165, 1.54) is 10.6 Å². The molecule has 0 amide bonds. The second-order valence-corrected chi connectivity index (χ2v) is 6.56. The fraction of sp³-hybridized carbons (Fsp3) is 0.545. The Kier molecular flexibility index (Phi) is 4.09. The molecule has 0 unspecified atom stereocenters. The third-order valence-electron chi connectivity index (χ3n) is 3.00. The number of halogens is 1.